The number of aliphatic hydroxyl groups excluding tert-OH is 1. The summed E-state index contributed by atoms with van der Waals surface area (Å²) in [6, 6.07) is -1.11. The highest BCUT2D eigenvalue weighted by atomic mass is 19.1. The minimum absolute atomic E-state index is 0.0165. The first-order valence-corrected chi connectivity index (χ1v) is 5.15. The minimum atomic E-state index is -1.54. The van der Waals surface area contributed by atoms with E-state index in [1.165, 1.54) is 0 Å². The zero-order valence-electron chi connectivity index (χ0n) is 8.54. The topological polar surface area (TPSA) is 94.0 Å². The SMILES string of the molecule is CC1O[C@H]1O[C@@H]1C(N)C[C@@H](N)C(O)C1F. The van der Waals surface area contributed by atoms with Crippen LogP contribution in [-0.2, 0) is 9.47 Å². The largest absolute Gasteiger partial charge is 0.388 e. The number of hydrogen-bond acceptors (Lipinski definition) is 5. The van der Waals surface area contributed by atoms with Gasteiger partial charge in [0.05, 0.1) is 0 Å². The molecule has 0 aromatic rings. The van der Waals surface area contributed by atoms with Gasteiger partial charge >= 0.3 is 0 Å². The maximum Gasteiger partial charge on any atom is 0.184 e. The molecule has 2 fully saturated rings. The van der Waals surface area contributed by atoms with Crippen molar-refractivity contribution < 1.29 is 19.0 Å². The predicted molar refractivity (Wildman–Crippen MR) is 50.7 cm³/mol. The monoisotopic (exact) mass is 220 g/mol. The van der Waals surface area contributed by atoms with Crippen LogP contribution in [0.4, 0.5) is 4.39 Å². The summed E-state index contributed by atoms with van der Waals surface area (Å²) in [4.78, 5) is 0. The van der Waals surface area contributed by atoms with Gasteiger partial charge in [-0.1, -0.05) is 0 Å². The van der Waals surface area contributed by atoms with Crippen LogP contribution in [-0.4, -0.2) is 48.0 Å². The molecule has 88 valence electrons. The van der Waals surface area contributed by atoms with Crippen molar-refractivity contribution in [1.29, 1.82) is 0 Å². The van der Waals surface area contributed by atoms with Gasteiger partial charge in [0.25, 0.3) is 0 Å². The fourth-order valence-electron chi connectivity index (χ4n) is 1.89. The van der Waals surface area contributed by atoms with Crippen molar-refractivity contribution in [3.63, 3.8) is 0 Å². The van der Waals surface area contributed by atoms with Crippen molar-refractivity contribution >= 4 is 0 Å². The van der Waals surface area contributed by atoms with Gasteiger partial charge in [-0.15, -0.1) is 0 Å². The Morgan fingerprint density at radius 1 is 1.40 bits per heavy atom. The number of aliphatic hydroxyl groups is 1. The zero-order chi connectivity index (χ0) is 11.2. The second-order valence-corrected chi connectivity index (χ2v) is 4.31. The average molecular weight is 220 g/mol. The molecule has 2 rings (SSSR count). The van der Waals surface area contributed by atoms with Gasteiger partial charge < -0.3 is 26.0 Å². The van der Waals surface area contributed by atoms with Crippen molar-refractivity contribution in [2.75, 3.05) is 0 Å². The molecule has 2 aliphatic rings. The molecule has 1 saturated heterocycles. The molecule has 5 N–H and O–H groups in total. The van der Waals surface area contributed by atoms with Gasteiger partial charge in [0, 0.05) is 12.1 Å². The first-order valence-electron chi connectivity index (χ1n) is 5.15. The summed E-state index contributed by atoms with van der Waals surface area (Å²) >= 11 is 0. The molecule has 0 bridgehead atoms. The lowest BCUT2D eigenvalue weighted by Gasteiger charge is -2.38. The number of alkyl halides is 1. The molecule has 0 aromatic heterocycles. The number of rotatable bonds is 2. The molecular formula is C9H17FN2O3. The van der Waals surface area contributed by atoms with Crippen LogP contribution in [0.2, 0.25) is 0 Å². The van der Waals surface area contributed by atoms with Crippen LogP contribution in [0.15, 0.2) is 0 Å². The quantitative estimate of drug-likeness (QED) is 0.512. The molecule has 1 saturated carbocycles. The number of ether oxygens (including phenoxy) is 2. The Kier molecular flexibility index (Phi) is 2.96. The first-order chi connectivity index (χ1) is 7.00. The molecule has 0 amide bonds. The fraction of sp³-hybridized carbons (Fsp3) is 1.00. The van der Waals surface area contributed by atoms with E-state index in [9.17, 15) is 9.50 Å². The number of halogens is 1. The van der Waals surface area contributed by atoms with Crippen molar-refractivity contribution in [3.8, 4) is 0 Å². The Balaban J connectivity index is 1.96. The highest BCUT2D eigenvalue weighted by molar-refractivity contribution is 4.98. The second-order valence-electron chi connectivity index (χ2n) is 4.31. The van der Waals surface area contributed by atoms with Crippen LogP contribution in [0.5, 0.6) is 0 Å². The summed E-state index contributed by atoms with van der Waals surface area (Å²) < 4.78 is 24.0. The van der Waals surface area contributed by atoms with Gasteiger partial charge in [-0.25, -0.2) is 4.39 Å². The van der Waals surface area contributed by atoms with E-state index in [4.69, 9.17) is 20.9 Å². The summed E-state index contributed by atoms with van der Waals surface area (Å²) in [6.07, 6.45) is -3.62. The maximum absolute atomic E-state index is 13.7. The van der Waals surface area contributed by atoms with E-state index < -0.39 is 30.5 Å². The van der Waals surface area contributed by atoms with Crippen LogP contribution in [0.1, 0.15) is 13.3 Å². The van der Waals surface area contributed by atoms with Crippen LogP contribution in [0, 0.1) is 0 Å². The van der Waals surface area contributed by atoms with Gasteiger partial charge in [-0.05, 0) is 13.3 Å². The summed E-state index contributed by atoms with van der Waals surface area (Å²) in [5.41, 5.74) is 11.3. The molecule has 0 radical (unpaired) electrons. The van der Waals surface area contributed by atoms with Crippen LogP contribution in [0.25, 0.3) is 0 Å². The van der Waals surface area contributed by atoms with E-state index in [2.05, 4.69) is 0 Å². The van der Waals surface area contributed by atoms with Crippen molar-refractivity contribution in [3.05, 3.63) is 0 Å². The van der Waals surface area contributed by atoms with Crippen LogP contribution >= 0.6 is 0 Å². The second kappa shape index (κ2) is 3.95. The maximum atomic E-state index is 13.7. The Morgan fingerprint density at radius 2 is 2.00 bits per heavy atom. The molecule has 6 heteroatoms. The molecule has 4 unspecified atom stereocenters. The Bertz CT molecular complexity index is 243. The van der Waals surface area contributed by atoms with E-state index in [0.29, 0.717) is 6.42 Å². The van der Waals surface area contributed by atoms with Crippen molar-refractivity contribution in [1.82, 2.24) is 0 Å². The van der Waals surface area contributed by atoms with E-state index in [-0.39, 0.29) is 12.4 Å². The lowest BCUT2D eigenvalue weighted by molar-refractivity contribution is -0.118. The molecule has 15 heavy (non-hydrogen) atoms. The van der Waals surface area contributed by atoms with Gasteiger partial charge in [0.1, 0.15) is 18.3 Å². The number of hydrogen-bond donors (Lipinski definition) is 3. The third kappa shape index (κ3) is 2.14. The normalized spacial score (nSPS) is 55.4. The van der Waals surface area contributed by atoms with Crippen LogP contribution < -0.4 is 11.5 Å². The van der Waals surface area contributed by atoms with Crippen molar-refractivity contribution in [2.24, 2.45) is 11.5 Å². The molecule has 1 aliphatic carbocycles. The molecular weight excluding hydrogens is 203 g/mol. The highest BCUT2D eigenvalue weighted by Gasteiger charge is 2.47. The number of epoxide rings is 1. The van der Waals surface area contributed by atoms with E-state index in [1.807, 2.05) is 6.92 Å². The highest BCUT2D eigenvalue weighted by Crippen LogP contribution is 2.30. The molecule has 1 aliphatic heterocycles. The summed E-state index contributed by atoms with van der Waals surface area (Å²) in [6.45, 7) is 1.83. The summed E-state index contributed by atoms with van der Waals surface area (Å²) in [5, 5.41) is 9.46. The Hall–Kier alpha value is -0.270. The predicted octanol–water partition coefficient (Wildman–Crippen LogP) is -1.13. The first kappa shape index (κ1) is 11.2. The molecule has 1 heterocycles. The number of nitrogens with two attached hydrogens (primary N) is 2. The van der Waals surface area contributed by atoms with Crippen molar-refractivity contribution in [2.45, 2.75) is 56.2 Å². The Labute approximate surface area is 87.5 Å². The smallest absolute Gasteiger partial charge is 0.184 e. The van der Waals surface area contributed by atoms with E-state index in [1.54, 1.807) is 0 Å². The third-order valence-electron chi connectivity index (χ3n) is 2.99. The van der Waals surface area contributed by atoms with Gasteiger partial charge in [-0.2, -0.15) is 0 Å². The standard InChI is InChI=1S/C9H17FN2O3/c1-3-9(14-3)15-8-5(12)2-4(11)7(13)6(8)10/h3-9,13H,2,11-12H2,1H3/t3?,4-,5?,6?,7?,8-,9+/m1/s1. The van der Waals surface area contributed by atoms with Crippen LogP contribution in [0.3, 0.4) is 0 Å². The van der Waals surface area contributed by atoms with Gasteiger partial charge in [0.15, 0.2) is 12.5 Å². The average Bonchev–Trinajstić information content (AvgIpc) is 2.86. The fourth-order valence-corrected chi connectivity index (χ4v) is 1.89. The lowest BCUT2D eigenvalue weighted by atomic mass is 9.85. The summed E-state index contributed by atoms with van der Waals surface area (Å²) in [7, 11) is 0. The minimum Gasteiger partial charge on any atom is -0.388 e. The molecule has 0 spiro atoms. The lowest BCUT2D eigenvalue weighted by Crippen LogP contribution is -2.60. The molecule has 5 nitrogen and oxygen atoms in total. The molecule has 7 atom stereocenters. The van der Waals surface area contributed by atoms with Gasteiger partial charge in [0.2, 0.25) is 0 Å². The zero-order valence-corrected chi connectivity index (χ0v) is 8.54. The molecule has 0 aromatic carbocycles. The van der Waals surface area contributed by atoms with Gasteiger partial charge in [-0.3, -0.25) is 0 Å². The summed E-state index contributed by atoms with van der Waals surface area (Å²) in [5.74, 6) is 0. The third-order valence-corrected chi connectivity index (χ3v) is 2.99. The van der Waals surface area contributed by atoms with E-state index >= 15 is 0 Å². The Morgan fingerprint density at radius 3 is 2.53 bits per heavy atom. The van der Waals surface area contributed by atoms with E-state index in [0.717, 1.165) is 0 Å².